The molecular weight excluding hydrogens is 137 g/mol. The van der Waals surface area contributed by atoms with Gasteiger partial charge < -0.3 is 4.90 Å². The standard InChI is InChI=1S/C6H14FNS/c1-3-8(4-2)5-6-9-7/h3-6H2,1-2H3. The fourth-order valence-corrected chi connectivity index (χ4v) is 1.03. The molecule has 0 aromatic carbocycles. The summed E-state index contributed by atoms with van der Waals surface area (Å²) in [6.45, 7) is 7.10. The molecule has 0 aromatic heterocycles. The second-order valence-electron chi connectivity index (χ2n) is 1.84. The summed E-state index contributed by atoms with van der Waals surface area (Å²) in [6, 6.07) is 0. The first kappa shape index (κ1) is 9.24. The van der Waals surface area contributed by atoms with Gasteiger partial charge in [-0.2, -0.15) is 3.89 Å². The molecule has 0 spiro atoms. The zero-order chi connectivity index (χ0) is 7.11. The van der Waals surface area contributed by atoms with Crippen molar-refractivity contribution < 1.29 is 3.89 Å². The molecule has 0 aliphatic carbocycles. The molecule has 0 radical (unpaired) electrons. The van der Waals surface area contributed by atoms with Crippen molar-refractivity contribution >= 4 is 12.1 Å². The number of halogens is 1. The number of hydrogen-bond donors (Lipinski definition) is 0. The van der Waals surface area contributed by atoms with E-state index in [0.29, 0.717) is 17.9 Å². The van der Waals surface area contributed by atoms with Gasteiger partial charge in [-0.1, -0.05) is 13.8 Å². The molecule has 0 saturated carbocycles. The van der Waals surface area contributed by atoms with E-state index in [1.54, 1.807) is 0 Å². The average Bonchev–Trinajstić information content (AvgIpc) is 1.91. The van der Waals surface area contributed by atoms with Gasteiger partial charge in [-0.25, -0.2) is 0 Å². The van der Waals surface area contributed by atoms with Crippen LogP contribution in [0.2, 0.25) is 0 Å². The molecule has 0 heterocycles. The second-order valence-corrected chi connectivity index (χ2v) is 2.47. The summed E-state index contributed by atoms with van der Waals surface area (Å²) in [5.74, 6) is 0.599. The van der Waals surface area contributed by atoms with E-state index in [9.17, 15) is 3.89 Å². The van der Waals surface area contributed by atoms with Gasteiger partial charge in [0.25, 0.3) is 0 Å². The molecule has 3 heteroatoms. The summed E-state index contributed by atoms with van der Waals surface area (Å²) in [7, 11) is 0. The third-order valence-corrected chi connectivity index (χ3v) is 1.72. The van der Waals surface area contributed by atoms with Crippen molar-refractivity contribution in [3.05, 3.63) is 0 Å². The van der Waals surface area contributed by atoms with Crippen molar-refractivity contribution in [2.75, 3.05) is 25.4 Å². The average molecular weight is 151 g/mol. The van der Waals surface area contributed by atoms with Crippen LogP contribution in [-0.4, -0.2) is 30.3 Å². The van der Waals surface area contributed by atoms with E-state index >= 15 is 0 Å². The summed E-state index contributed by atoms with van der Waals surface area (Å²) in [4.78, 5) is 2.20. The van der Waals surface area contributed by atoms with Crippen LogP contribution in [0.1, 0.15) is 13.8 Å². The van der Waals surface area contributed by atoms with Crippen molar-refractivity contribution in [3.63, 3.8) is 0 Å². The monoisotopic (exact) mass is 151 g/mol. The van der Waals surface area contributed by atoms with E-state index in [2.05, 4.69) is 18.7 Å². The minimum absolute atomic E-state index is 0.419. The molecule has 9 heavy (non-hydrogen) atoms. The second kappa shape index (κ2) is 6.36. The van der Waals surface area contributed by atoms with Gasteiger partial charge in [0.2, 0.25) is 0 Å². The van der Waals surface area contributed by atoms with E-state index in [0.717, 1.165) is 19.6 Å². The number of hydrogen-bond acceptors (Lipinski definition) is 2. The minimum atomic E-state index is 0.419. The molecule has 1 nitrogen and oxygen atoms in total. The molecule has 0 bridgehead atoms. The normalized spacial score (nSPS) is 10.7. The summed E-state index contributed by atoms with van der Waals surface area (Å²) in [5, 5.41) is 0. The maximum Gasteiger partial charge on any atom is 0.0456 e. The Hall–Kier alpha value is 0.240. The highest BCUT2D eigenvalue weighted by Gasteiger charge is 1.96. The summed E-state index contributed by atoms with van der Waals surface area (Å²) >= 11 is 0.419. The van der Waals surface area contributed by atoms with Gasteiger partial charge in [-0.3, -0.25) is 0 Å². The number of nitrogens with zero attached hydrogens (tertiary/aromatic N) is 1. The van der Waals surface area contributed by atoms with Gasteiger partial charge in [0.05, 0.1) is 0 Å². The first-order chi connectivity index (χ1) is 4.35. The maximum absolute atomic E-state index is 11.5. The molecule has 0 aromatic rings. The Morgan fingerprint density at radius 2 is 1.89 bits per heavy atom. The minimum Gasteiger partial charge on any atom is -0.303 e. The summed E-state index contributed by atoms with van der Waals surface area (Å²) in [5.41, 5.74) is 0. The molecule has 0 N–H and O–H groups in total. The van der Waals surface area contributed by atoms with Crippen LogP contribution in [0.25, 0.3) is 0 Å². The summed E-state index contributed by atoms with van der Waals surface area (Å²) < 4.78 is 11.5. The molecule has 0 atom stereocenters. The molecule has 0 fully saturated rings. The molecule has 0 aliphatic rings. The Balaban J connectivity index is 3.09. The van der Waals surface area contributed by atoms with Gasteiger partial charge in [0.15, 0.2) is 0 Å². The first-order valence-electron chi connectivity index (χ1n) is 3.31. The molecule has 0 aliphatic heterocycles. The molecular formula is C6H14FNS. The number of rotatable bonds is 5. The maximum atomic E-state index is 11.5. The lowest BCUT2D eigenvalue weighted by Crippen LogP contribution is -2.25. The molecule has 0 unspecified atom stereocenters. The van der Waals surface area contributed by atoms with Crippen LogP contribution in [0.15, 0.2) is 0 Å². The fraction of sp³-hybridized carbons (Fsp3) is 1.00. The van der Waals surface area contributed by atoms with Crippen molar-refractivity contribution in [3.8, 4) is 0 Å². The Morgan fingerprint density at radius 1 is 1.33 bits per heavy atom. The van der Waals surface area contributed by atoms with Crippen molar-refractivity contribution in [2.24, 2.45) is 0 Å². The smallest absolute Gasteiger partial charge is 0.0456 e. The highest BCUT2D eigenvalue weighted by Crippen LogP contribution is 2.00. The van der Waals surface area contributed by atoms with E-state index in [1.807, 2.05) is 0 Å². The predicted molar refractivity (Wildman–Crippen MR) is 41.4 cm³/mol. The van der Waals surface area contributed by atoms with Gasteiger partial charge in [0, 0.05) is 24.4 Å². The quantitative estimate of drug-likeness (QED) is 0.591. The van der Waals surface area contributed by atoms with Crippen molar-refractivity contribution in [1.82, 2.24) is 4.90 Å². The van der Waals surface area contributed by atoms with Crippen molar-refractivity contribution in [1.29, 1.82) is 0 Å². The Labute approximate surface area is 60.9 Å². The first-order valence-corrected chi connectivity index (χ1v) is 4.19. The van der Waals surface area contributed by atoms with Gasteiger partial charge in [-0.05, 0) is 13.1 Å². The lowest BCUT2D eigenvalue weighted by molar-refractivity contribution is 0.323. The van der Waals surface area contributed by atoms with Crippen LogP contribution in [0.5, 0.6) is 0 Å². The third-order valence-electron chi connectivity index (χ3n) is 1.38. The van der Waals surface area contributed by atoms with Gasteiger partial charge >= 0.3 is 0 Å². The van der Waals surface area contributed by atoms with Crippen molar-refractivity contribution in [2.45, 2.75) is 13.8 Å². The van der Waals surface area contributed by atoms with E-state index < -0.39 is 0 Å². The molecule has 0 amide bonds. The highest BCUT2D eigenvalue weighted by molar-refractivity contribution is 7.94. The fourth-order valence-electron chi connectivity index (χ4n) is 0.703. The lowest BCUT2D eigenvalue weighted by Gasteiger charge is -2.15. The molecule has 56 valence electrons. The van der Waals surface area contributed by atoms with E-state index in [-0.39, 0.29) is 0 Å². The Bertz CT molecular complexity index is 57.0. The third kappa shape index (κ3) is 4.73. The zero-order valence-corrected chi connectivity index (χ0v) is 6.88. The van der Waals surface area contributed by atoms with Crippen LogP contribution < -0.4 is 0 Å². The SMILES string of the molecule is CCN(CC)CCSF. The molecule has 0 rings (SSSR count). The van der Waals surface area contributed by atoms with Crippen LogP contribution in [0.3, 0.4) is 0 Å². The van der Waals surface area contributed by atoms with Gasteiger partial charge in [0.1, 0.15) is 0 Å². The largest absolute Gasteiger partial charge is 0.303 e. The predicted octanol–water partition coefficient (Wildman–Crippen LogP) is 1.95. The van der Waals surface area contributed by atoms with Crippen LogP contribution in [-0.2, 0) is 0 Å². The Morgan fingerprint density at radius 3 is 2.22 bits per heavy atom. The topological polar surface area (TPSA) is 3.24 Å². The summed E-state index contributed by atoms with van der Waals surface area (Å²) in [6.07, 6.45) is 0. The lowest BCUT2D eigenvalue weighted by atomic mass is 10.5. The van der Waals surface area contributed by atoms with E-state index in [4.69, 9.17) is 0 Å². The van der Waals surface area contributed by atoms with E-state index in [1.165, 1.54) is 0 Å². The molecule has 0 saturated heterocycles. The Kier molecular flexibility index (Phi) is 6.53. The van der Waals surface area contributed by atoms with Crippen LogP contribution in [0, 0.1) is 0 Å². The van der Waals surface area contributed by atoms with Crippen LogP contribution >= 0.6 is 12.1 Å². The zero-order valence-electron chi connectivity index (χ0n) is 6.06. The van der Waals surface area contributed by atoms with Crippen LogP contribution in [0.4, 0.5) is 3.89 Å². The highest BCUT2D eigenvalue weighted by atomic mass is 32.2. The van der Waals surface area contributed by atoms with Gasteiger partial charge in [-0.15, -0.1) is 0 Å².